The second kappa shape index (κ2) is 17.0. The fraction of sp³-hybridized carbons (Fsp3) is 0.308. The lowest BCUT2D eigenvalue weighted by molar-refractivity contribution is -0.120. The number of methoxy groups -OCH3 is 1. The predicted molar refractivity (Wildman–Crippen MR) is 202 cm³/mol. The van der Waals surface area contributed by atoms with Crippen LogP contribution in [0.2, 0.25) is 0 Å². The monoisotopic (exact) mass is 797 g/mol. The first-order valence-electron chi connectivity index (χ1n) is 17.1. The van der Waals surface area contributed by atoms with E-state index in [4.69, 9.17) is 4.74 Å². The molecule has 0 aliphatic heterocycles. The number of thiazole rings is 1. The third-order valence-corrected chi connectivity index (χ3v) is 13.4. The summed E-state index contributed by atoms with van der Waals surface area (Å²) in [6.45, 7) is -0.948. The van der Waals surface area contributed by atoms with Crippen LogP contribution in [-0.4, -0.2) is 78.7 Å². The highest BCUT2D eigenvalue weighted by Gasteiger charge is 2.47. The van der Waals surface area contributed by atoms with Crippen molar-refractivity contribution in [3.63, 3.8) is 0 Å². The topological polar surface area (TPSA) is 126 Å². The number of carbonyl (C=O) groups excluding carboxylic acids is 2. The predicted octanol–water partition coefficient (Wildman–Crippen LogP) is 7.29. The first kappa shape index (κ1) is 39.4. The molecule has 5 aromatic rings. The van der Waals surface area contributed by atoms with Crippen molar-refractivity contribution < 1.29 is 41.0 Å². The second-order valence-corrected chi connectivity index (χ2v) is 16.9. The molecule has 1 aromatic heterocycles. The number of fused-ring (bicyclic) bond motifs is 1. The van der Waals surface area contributed by atoms with Gasteiger partial charge in [-0.05, 0) is 46.9 Å². The summed E-state index contributed by atoms with van der Waals surface area (Å²) in [4.78, 5) is 31.1. The molecule has 1 amide bonds. The Labute approximate surface area is 319 Å². The molecule has 1 heterocycles. The summed E-state index contributed by atoms with van der Waals surface area (Å²) >= 11 is 2.16. The van der Waals surface area contributed by atoms with E-state index in [1.54, 1.807) is 17.6 Å². The second-order valence-electron chi connectivity index (χ2n) is 13.1. The number of aromatic nitrogens is 1. The number of alkyl carbamates (subject to hydrolysis) is 1. The molecule has 1 fully saturated rings. The summed E-state index contributed by atoms with van der Waals surface area (Å²) in [5.74, 6) is -5.47. The van der Waals surface area contributed by atoms with Crippen LogP contribution in [0.25, 0.3) is 10.2 Å². The van der Waals surface area contributed by atoms with Gasteiger partial charge in [-0.1, -0.05) is 72.8 Å². The molecule has 0 radical (unpaired) electrons. The summed E-state index contributed by atoms with van der Waals surface area (Å²) in [6, 6.07) is 24.7. The molecule has 54 heavy (non-hydrogen) atoms. The van der Waals surface area contributed by atoms with E-state index in [1.807, 2.05) is 60.7 Å². The van der Waals surface area contributed by atoms with Crippen LogP contribution >= 0.6 is 23.1 Å². The minimum Gasteiger partial charge on any atom is -0.453 e. The van der Waals surface area contributed by atoms with Gasteiger partial charge in [-0.2, -0.15) is 4.31 Å². The molecule has 284 valence electrons. The average Bonchev–Trinajstić information content (AvgIpc) is 3.63. The SMILES string of the molecule is COC(=O)N[C@H](C(=O)Cc1cccc(F)c1SC[C@@H](CO)N(CC1CC(F)(F)C1)S(=O)(=O)c1ccc2ncsc2c1)C(c1ccccc1)c1ccccc1. The maximum Gasteiger partial charge on any atom is 0.407 e. The molecule has 9 nitrogen and oxygen atoms in total. The summed E-state index contributed by atoms with van der Waals surface area (Å²) in [5, 5.41) is 13.3. The Bertz CT molecular complexity index is 2140. The quantitative estimate of drug-likeness (QED) is 0.0998. The number of Topliss-reactive ketones (excluding diaryl/α,β-unsaturated/α-hetero) is 1. The van der Waals surface area contributed by atoms with Gasteiger partial charge < -0.3 is 15.2 Å². The maximum atomic E-state index is 15.7. The lowest BCUT2D eigenvalue weighted by atomic mass is 9.81. The van der Waals surface area contributed by atoms with Crippen LogP contribution in [0.1, 0.15) is 35.4 Å². The van der Waals surface area contributed by atoms with E-state index in [1.165, 1.54) is 42.7 Å². The fourth-order valence-corrected chi connectivity index (χ4v) is 10.5. The van der Waals surface area contributed by atoms with E-state index >= 15 is 4.39 Å². The van der Waals surface area contributed by atoms with Crippen molar-refractivity contribution in [3.8, 4) is 0 Å². The standard InChI is InChI=1S/C39H38F3N3O6S3/c1-51-38(48)44-36(35(26-9-4-2-5-10-26)27-11-6-3-7-12-27)33(47)17-28-13-8-14-31(40)37(28)52-23-29(22-46)45(21-25-19-39(41,42)20-25)54(49,50)30-15-16-32-34(18-30)53-24-43-32/h2-16,18,24-25,29,35-36,46H,17,19-23H2,1H3,(H,44,48)/t29-,36-/m1/s1. The van der Waals surface area contributed by atoms with Crippen molar-refractivity contribution >= 4 is 55.2 Å². The van der Waals surface area contributed by atoms with E-state index in [0.717, 1.165) is 27.2 Å². The van der Waals surface area contributed by atoms with Crippen molar-refractivity contribution in [1.82, 2.24) is 14.6 Å². The molecule has 1 aliphatic carbocycles. The molecule has 15 heteroatoms. The lowest BCUT2D eigenvalue weighted by Crippen LogP contribution is -2.50. The molecule has 2 N–H and O–H groups in total. The van der Waals surface area contributed by atoms with Crippen LogP contribution in [0, 0.1) is 11.7 Å². The van der Waals surface area contributed by atoms with E-state index in [2.05, 4.69) is 10.3 Å². The highest BCUT2D eigenvalue weighted by Crippen LogP contribution is 2.44. The zero-order valence-corrected chi connectivity index (χ0v) is 31.6. The number of thioether (sulfide) groups is 1. The van der Waals surface area contributed by atoms with E-state index in [-0.39, 0.29) is 34.1 Å². The fourth-order valence-electron chi connectivity index (χ4n) is 6.74. The third kappa shape index (κ3) is 8.98. The Balaban J connectivity index is 1.29. The van der Waals surface area contributed by atoms with E-state index in [9.17, 15) is 31.9 Å². The molecule has 4 aromatic carbocycles. The van der Waals surface area contributed by atoms with Gasteiger partial charge in [0.15, 0.2) is 5.78 Å². The number of nitrogens with zero attached hydrogens (tertiary/aromatic N) is 2. The number of sulfonamides is 1. The van der Waals surface area contributed by atoms with E-state index < -0.39 is 77.0 Å². The Hall–Kier alpha value is -4.28. The lowest BCUT2D eigenvalue weighted by Gasteiger charge is -2.40. The first-order chi connectivity index (χ1) is 25.9. The van der Waals surface area contributed by atoms with Gasteiger partial charge in [-0.15, -0.1) is 23.1 Å². The number of nitrogens with one attached hydrogen (secondary N) is 1. The average molecular weight is 798 g/mol. The minimum absolute atomic E-state index is 0.0516. The maximum absolute atomic E-state index is 15.7. The van der Waals surface area contributed by atoms with Crippen molar-refractivity contribution in [2.24, 2.45) is 5.92 Å². The highest BCUT2D eigenvalue weighted by atomic mass is 32.2. The number of rotatable bonds is 16. The number of amides is 1. The van der Waals surface area contributed by atoms with Crippen LogP contribution < -0.4 is 5.32 Å². The van der Waals surface area contributed by atoms with Crippen molar-refractivity contribution in [1.29, 1.82) is 0 Å². The van der Waals surface area contributed by atoms with Gasteiger partial charge >= 0.3 is 6.09 Å². The molecule has 6 rings (SSSR count). The molecule has 2 atom stereocenters. The van der Waals surface area contributed by atoms with Gasteiger partial charge in [0.25, 0.3) is 0 Å². The number of carbonyl (C=O) groups is 2. The summed E-state index contributed by atoms with van der Waals surface area (Å²) in [5.41, 5.74) is 3.96. The van der Waals surface area contributed by atoms with Gasteiger partial charge in [0.2, 0.25) is 15.9 Å². The minimum atomic E-state index is -4.33. The van der Waals surface area contributed by atoms with Crippen LogP contribution in [-0.2, 0) is 26.0 Å². The van der Waals surface area contributed by atoms with E-state index in [0.29, 0.717) is 10.2 Å². The molecule has 0 unspecified atom stereocenters. The van der Waals surface area contributed by atoms with Crippen molar-refractivity contribution in [3.05, 3.63) is 125 Å². The number of alkyl halides is 2. The molecule has 0 bridgehead atoms. The third-order valence-electron chi connectivity index (χ3n) is 9.43. The van der Waals surface area contributed by atoms with Crippen LogP contribution in [0.3, 0.4) is 0 Å². The molecule has 1 aliphatic rings. The van der Waals surface area contributed by atoms with Crippen molar-refractivity contribution in [2.75, 3.05) is 26.0 Å². The van der Waals surface area contributed by atoms with Gasteiger partial charge in [-0.3, -0.25) is 4.79 Å². The van der Waals surface area contributed by atoms with Gasteiger partial charge in [0.05, 0.1) is 40.4 Å². The van der Waals surface area contributed by atoms with Gasteiger partial charge in [-0.25, -0.2) is 31.4 Å². The zero-order valence-electron chi connectivity index (χ0n) is 29.1. The summed E-state index contributed by atoms with van der Waals surface area (Å²) in [6.07, 6.45) is -2.13. The Morgan fingerprint density at radius 1 is 1.02 bits per heavy atom. The highest BCUT2D eigenvalue weighted by molar-refractivity contribution is 7.99. The normalized spacial score (nSPS) is 15.5. The smallest absolute Gasteiger partial charge is 0.407 e. The van der Waals surface area contributed by atoms with Crippen LogP contribution in [0.5, 0.6) is 0 Å². The number of halogens is 3. The number of ketones is 1. The Morgan fingerprint density at radius 2 is 1.69 bits per heavy atom. The number of benzene rings is 4. The Kier molecular flexibility index (Phi) is 12.4. The summed E-state index contributed by atoms with van der Waals surface area (Å²) in [7, 11) is -3.14. The number of hydrogen-bond donors (Lipinski definition) is 2. The molecule has 0 spiro atoms. The first-order valence-corrected chi connectivity index (χ1v) is 20.4. The number of ether oxygens (including phenoxy) is 1. The van der Waals surface area contributed by atoms with Gasteiger partial charge in [0, 0.05) is 42.4 Å². The number of aliphatic hydroxyl groups is 1. The summed E-state index contributed by atoms with van der Waals surface area (Å²) < 4.78 is 78.3. The molecular formula is C39H38F3N3O6S3. The molecular weight excluding hydrogens is 760 g/mol. The van der Waals surface area contributed by atoms with Crippen molar-refractivity contribution in [2.45, 2.75) is 53.0 Å². The number of hydrogen-bond acceptors (Lipinski definition) is 9. The van der Waals surface area contributed by atoms with Gasteiger partial charge in [0.1, 0.15) is 11.9 Å². The zero-order chi connectivity index (χ0) is 38.5. The van der Waals surface area contributed by atoms with Crippen LogP contribution in [0.15, 0.2) is 112 Å². The molecule has 0 saturated heterocycles. The Morgan fingerprint density at radius 3 is 2.30 bits per heavy atom. The van der Waals surface area contributed by atoms with Crippen LogP contribution in [0.4, 0.5) is 18.0 Å². The number of aliphatic hydroxyl groups excluding tert-OH is 1. The molecule has 1 saturated carbocycles. The largest absolute Gasteiger partial charge is 0.453 e.